The summed E-state index contributed by atoms with van der Waals surface area (Å²) in [5.41, 5.74) is 0.759. The minimum atomic E-state index is -1.67. The summed E-state index contributed by atoms with van der Waals surface area (Å²) in [7, 11) is 0. The summed E-state index contributed by atoms with van der Waals surface area (Å²) in [6, 6.07) is 27.4. The number of benzene rings is 3. The van der Waals surface area contributed by atoms with Crippen LogP contribution in [-0.4, -0.2) is 15.8 Å². The number of nitrogens with two attached hydrogens (primary N) is 1. The predicted octanol–water partition coefficient (Wildman–Crippen LogP) is 8.17. The molecule has 3 aromatic carbocycles. The number of fused-ring (bicyclic) bond motifs is 3. The van der Waals surface area contributed by atoms with Gasteiger partial charge in [-0.05, 0) is 60.7 Å². The Kier molecular flexibility index (Phi) is 9.19. The number of hydrogen-bond donors (Lipinski definition) is 3. The number of hydrogen-bond acceptors (Lipinski definition) is 6. The van der Waals surface area contributed by atoms with Crippen LogP contribution in [0.3, 0.4) is 0 Å². The van der Waals surface area contributed by atoms with Crippen LogP contribution in [0.1, 0.15) is 48.6 Å². The van der Waals surface area contributed by atoms with Gasteiger partial charge in [0.1, 0.15) is 11.4 Å². The van der Waals surface area contributed by atoms with Crippen LogP contribution in [0, 0.1) is 12.3 Å². The van der Waals surface area contributed by atoms with Gasteiger partial charge in [0.25, 0.3) is 0 Å². The first-order valence-corrected chi connectivity index (χ1v) is 14.7. The Labute approximate surface area is 247 Å². The number of nitrogens with zero attached hydrogens (tertiary/aromatic N) is 1. The van der Waals surface area contributed by atoms with Gasteiger partial charge < -0.3 is 15.3 Å². The van der Waals surface area contributed by atoms with Gasteiger partial charge in [-0.1, -0.05) is 102 Å². The van der Waals surface area contributed by atoms with Crippen molar-refractivity contribution in [2.24, 2.45) is 5.14 Å². The molecular weight excluding hydrogens is 594 g/mol. The molecule has 1 aromatic heterocycles. The maximum Gasteiger partial charge on any atom is 0.192 e. The first-order chi connectivity index (χ1) is 18.8. The van der Waals surface area contributed by atoms with Crippen molar-refractivity contribution in [1.29, 1.82) is 5.41 Å². The Hall–Kier alpha value is -2.68. The minimum absolute atomic E-state index is 0.192. The summed E-state index contributed by atoms with van der Waals surface area (Å²) in [4.78, 5) is 5.49. The van der Waals surface area contributed by atoms with Crippen LogP contribution in [0.2, 0.25) is 5.02 Å². The Morgan fingerprint density at radius 3 is 2.31 bits per heavy atom. The van der Waals surface area contributed by atoms with Crippen LogP contribution < -0.4 is 9.88 Å². The van der Waals surface area contributed by atoms with Gasteiger partial charge >= 0.3 is 0 Å². The van der Waals surface area contributed by atoms with E-state index in [2.05, 4.69) is 40.0 Å². The van der Waals surface area contributed by atoms with E-state index in [1.54, 1.807) is 6.07 Å². The number of nitrogens with one attached hydrogen (secondary N) is 1. The van der Waals surface area contributed by atoms with E-state index in [-0.39, 0.29) is 11.6 Å². The Morgan fingerprint density at radius 2 is 1.69 bits per heavy atom. The predicted molar refractivity (Wildman–Crippen MR) is 164 cm³/mol. The molecule has 4 aromatic rings. The molecular formula is C31H31BrClN3O2S. The largest absolute Gasteiger partial charge is 0.476 e. The zero-order valence-electron chi connectivity index (χ0n) is 22.0. The minimum Gasteiger partial charge on any atom is -0.476 e. The lowest BCUT2D eigenvalue weighted by Gasteiger charge is -2.39. The van der Waals surface area contributed by atoms with E-state index in [4.69, 9.17) is 26.9 Å². The molecule has 0 amide bonds. The summed E-state index contributed by atoms with van der Waals surface area (Å²) in [5, 5.41) is 26.5. The smallest absolute Gasteiger partial charge is 0.192 e. The molecule has 0 radical (unpaired) electrons. The van der Waals surface area contributed by atoms with Crippen molar-refractivity contribution in [2.45, 2.75) is 49.2 Å². The van der Waals surface area contributed by atoms with Crippen molar-refractivity contribution in [1.82, 2.24) is 4.98 Å². The van der Waals surface area contributed by atoms with E-state index >= 15 is 0 Å². The molecule has 1 fully saturated rings. The third-order valence-corrected chi connectivity index (χ3v) is 8.22. The van der Waals surface area contributed by atoms with Gasteiger partial charge in [-0.2, -0.15) is 0 Å². The van der Waals surface area contributed by atoms with Crippen molar-refractivity contribution in [2.75, 3.05) is 0 Å². The number of halogens is 2. The highest BCUT2D eigenvalue weighted by Gasteiger charge is 2.72. The molecule has 5 nitrogen and oxygen atoms in total. The molecule has 8 heteroatoms. The SMILES string of the molecule is CC.Cc1ccc(SN)cc1.N=C1CC(c2ccccc2)C2(c3ccc(Br)cc3)Oc3cc(Cl)cnc3C12O. The molecule has 0 spiro atoms. The van der Waals surface area contributed by atoms with Crippen LogP contribution in [0.4, 0.5) is 0 Å². The maximum atomic E-state index is 12.0. The van der Waals surface area contributed by atoms with Crippen molar-refractivity contribution < 1.29 is 9.84 Å². The average Bonchev–Trinajstić information content (AvgIpc) is 3.35. The number of aromatic nitrogens is 1. The molecule has 4 N–H and O–H groups in total. The number of ether oxygens (including phenoxy) is 1. The first-order valence-electron chi connectivity index (χ1n) is 12.7. The molecule has 202 valence electrons. The third kappa shape index (κ3) is 5.26. The third-order valence-electron chi connectivity index (χ3n) is 6.94. The standard InChI is InChI=1S/C22H16BrClN2O2.C7H9NS.C2H6/c23-15-8-6-14(7-9-15)22-17(13-4-2-1-3-5-13)11-19(25)21(22,27)20-18(28-22)10-16(24)12-26-20;1-6-2-4-7(9-8)5-3-6;1-2/h1-10,12,17,25,27H,11H2;2-5H,8H2,1H3;1-2H3. The lowest BCUT2D eigenvalue weighted by Crippen LogP contribution is -2.50. The van der Waals surface area contributed by atoms with E-state index in [9.17, 15) is 5.11 Å². The van der Waals surface area contributed by atoms with Crippen LogP contribution in [0.25, 0.3) is 0 Å². The van der Waals surface area contributed by atoms with Crippen molar-refractivity contribution in [3.8, 4) is 5.75 Å². The van der Waals surface area contributed by atoms with E-state index in [0.29, 0.717) is 22.9 Å². The quantitative estimate of drug-likeness (QED) is 0.200. The van der Waals surface area contributed by atoms with Gasteiger partial charge in [0.15, 0.2) is 11.2 Å². The van der Waals surface area contributed by atoms with Gasteiger partial charge in [-0.15, -0.1) is 0 Å². The van der Waals surface area contributed by atoms with Gasteiger partial charge in [-0.3, -0.25) is 10.1 Å². The molecule has 3 atom stereocenters. The van der Waals surface area contributed by atoms with Crippen LogP contribution in [-0.2, 0) is 11.2 Å². The van der Waals surface area contributed by atoms with E-state index in [1.165, 1.54) is 23.7 Å². The van der Waals surface area contributed by atoms with Crippen molar-refractivity contribution >= 4 is 45.2 Å². The van der Waals surface area contributed by atoms with Gasteiger partial charge in [0.05, 0.1) is 10.7 Å². The topological polar surface area (TPSA) is 92.2 Å². The Balaban J connectivity index is 0.000000272. The zero-order valence-corrected chi connectivity index (χ0v) is 25.1. The molecule has 3 unspecified atom stereocenters. The second-order valence-electron chi connectivity index (χ2n) is 9.13. The highest BCUT2D eigenvalue weighted by Crippen LogP contribution is 2.64. The molecule has 1 aliphatic heterocycles. The number of aryl methyl sites for hydroxylation is 1. The van der Waals surface area contributed by atoms with Crippen LogP contribution in [0.15, 0.2) is 100 Å². The lowest BCUT2D eigenvalue weighted by atomic mass is 9.72. The second kappa shape index (κ2) is 12.2. The summed E-state index contributed by atoms with van der Waals surface area (Å²) in [5.74, 6) is 0.170. The van der Waals surface area contributed by atoms with Gasteiger partial charge in [0.2, 0.25) is 0 Å². The molecule has 2 heterocycles. The van der Waals surface area contributed by atoms with Crippen molar-refractivity contribution in [3.63, 3.8) is 0 Å². The maximum absolute atomic E-state index is 12.0. The zero-order chi connectivity index (χ0) is 28.2. The summed E-state index contributed by atoms with van der Waals surface area (Å²) in [6.45, 7) is 6.06. The molecule has 39 heavy (non-hydrogen) atoms. The Morgan fingerprint density at radius 1 is 1.05 bits per heavy atom. The molecule has 0 bridgehead atoms. The molecule has 1 saturated carbocycles. The number of rotatable bonds is 3. The fourth-order valence-corrected chi connectivity index (χ4v) is 5.91. The monoisotopic (exact) mass is 623 g/mol. The normalized spacial score (nSPS) is 22.4. The molecule has 6 rings (SSSR count). The summed E-state index contributed by atoms with van der Waals surface area (Å²) in [6.07, 6.45) is 1.86. The van der Waals surface area contributed by atoms with Crippen LogP contribution >= 0.6 is 39.5 Å². The van der Waals surface area contributed by atoms with Crippen LogP contribution in [0.5, 0.6) is 5.75 Å². The van der Waals surface area contributed by atoms with E-state index in [1.807, 2.05) is 80.6 Å². The summed E-state index contributed by atoms with van der Waals surface area (Å²) < 4.78 is 7.44. The fraction of sp³-hybridized carbons (Fsp3) is 0.226. The van der Waals surface area contributed by atoms with E-state index in [0.717, 1.165) is 20.5 Å². The first kappa shape index (κ1) is 29.3. The fourth-order valence-electron chi connectivity index (χ4n) is 5.20. The van der Waals surface area contributed by atoms with Gasteiger partial charge in [-0.25, -0.2) is 0 Å². The summed E-state index contributed by atoms with van der Waals surface area (Å²) >= 11 is 10.9. The number of aliphatic hydroxyl groups is 1. The van der Waals surface area contributed by atoms with E-state index < -0.39 is 11.2 Å². The molecule has 2 aliphatic rings. The molecule has 0 saturated heterocycles. The molecule has 1 aliphatic carbocycles. The average molecular weight is 625 g/mol. The second-order valence-corrected chi connectivity index (χ2v) is 11.2. The van der Waals surface area contributed by atoms with Crippen molar-refractivity contribution in [3.05, 3.63) is 123 Å². The van der Waals surface area contributed by atoms with Gasteiger partial charge in [0, 0.05) is 27.5 Å². The highest BCUT2D eigenvalue weighted by atomic mass is 79.9. The lowest BCUT2D eigenvalue weighted by molar-refractivity contribution is -0.0756. The Bertz CT molecular complexity index is 1440. The number of pyridine rings is 1. The highest BCUT2D eigenvalue weighted by molar-refractivity contribution is 9.10.